The maximum absolute atomic E-state index is 10.4. The van der Waals surface area contributed by atoms with Crippen molar-refractivity contribution in [2.75, 3.05) is 7.11 Å². The highest BCUT2D eigenvalue weighted by atomic mass is 16.5. The molecule has 0 amide bonds. The first-order valence-electron chi connectivity index (χ1n) is 4.39. The molecule has 13 heavy (non-hydrogen) atoms. The van der Waals surface area contributed by atoms with Crippen LogP contribution in [0.25, 0.3) is 0 Å². The largest absolute Gasteiger partial charge is 0.377 e. The first kappa shape index (κ1) is 9.93. The number of carbonyl (C=O) groups excluding carboxylic acids is 1. The van der Waals surface area contributed by atoms with Crippen LogP contribution in [0.4, 0.5) is 0 Å². The van der Waals surface area contributed by atoms with Gasteiger partial charge in [0.2, 0.25) is 0 Å². The number of hydrogen-bond donors (Lipinski definition) is 0. The van der Waals surface area contributed by atoms with Gasteiger partial charge in [-0.2, -0.15) is 0 Å². The third-order valence-corrected chi connectivity index (χ3v) is 2.10. The number of benzene rings is 1. The van der Waals surface area contributed by atoms with Gasteiger partial charge >= 0.3 is 0 Å². The van der Waals surface area contributed by atoms with Crippen molar-refractivity contribution >= 4 is 6.29 Å². The summed E-state index contributed by atoms with van der Waals surface area (Å²) < 4.78 is 5.27. The van der Waals surface area contributed by atoms with Crippen LogP contribution in [0, 0.1) is 0 Å². The first-order chi connectivity index (χ1) is 6.31. The maximum atomic E-state index is 10.4. The van der Waals surface area contributed by atoms with Crippen molar-refractivity contribution in [1.29, 1.82) is 0 Å². The Balaban J connectivity index is 2.83. The SMILES string of the molecule is CC[C@@H](OC)c1ccc(C=O)cc1. The topological polar surface area (TPSA) is 26.3 Å². The molecule has 0 aliphatic rings. The van der Waals surface area contributed by atoms with Crippen LogP contribution in [0.15, 0.2) is 24.3 Å². The van der Waals surface area contributed by atoms with E-state index in [1.54, 1.807) is 7.11 Å². The summed E-state index contributed by atoms with van der Waals surface area (Å²) in [4.78, 5) is 10.4. The number of ether oxygens (including phenoxy) is 1. The van der Waals surface area contributed by atoms with E-state index in [0.717, 1.165) is 18.3 Å². The second-order valence-electron chi connectivity index (χ2n) is 2.92. The van der Waals surface area contributed by atoms with Crippen molar-refractivity contribution in [2.24, 2.45) is 0 Å². The Morgan fingerprint density at radius 1 is 1.38 bits per heavy atom. The van der Waals surface area contributed by atoms with Crippen LogP contribution in [0.1, 0.15) is 35.4 Å². The van der Waals surface area contributed by atoms with E-state index < -0.39 is 0 Å². The van der Waals surface area contributed by atoms with Gasteiger partial charge in [0.15, 0.2) is 0 Å². The van der Waals surface area contributed by atoms with Crippen LogP contribution in [0.3, 0.4) is 0 Å². The second kappa shape index (κ2) is 4.77. The monoisotopic (exact) mass is 178 g/mol. The van der Waals surface area contributed by atoms with E-state index in [0.29, 0.717) is 5.56 Å². The molecule has 1 aromatic rings. The van der Waals surface area contributed by atoms with Crippen molar-refractivity contribution in [1.82, 2.24) is 0 Å². The third kappa shape index (κ3) is 2.39. The van der Waals surface area contributed by atoms with Gasteiger partial charge in [-0.25, -0.2) is 0 Å². The van der Waals surface area contributed by atoms with Crippen molar-refractivity contribution in [3.63, 3.8) is 0 Å². The smallest absolute Gasteiger partial charge is 0.150 e. The third-order valence-electron chi connectivity index (χ3n) is 2.10. The van der Waals surface area contributed by atoms with E-state index in [4.69, 9.17) is 4.74 Å². The number of aldehydes is 1. The molecule has 0 saturated heterocycles. The van der Waals surface area contributed by atoms with Gasteiger partial charge in [0.05, 0.1) is 6.10 Å². The standard InChI is InChI=1S/C11H14O2/c1-3-11(13-2)10-6-4-9(8-12)5-7-10/h4-8,11H,3H2,1-2H3/t11-/m1/s1. The van der Waals surface area contributed by atoms with E-state index in [9.17, 15) is 4.79 Å². The van der Waals surface area contributed by atoms with Gasteiger partial charge in [0.25, 0.3) is 0 Å². The maximum Gasteiger partial charge on any atom is 0.150 e. The number of hydrogen-bond acceptors (Lipinski definition) is 2. The molecule has 2 nitrogen and oxygen atoms in total. The van der Waals surface area contributed by atoms with Crippen LogP contribution in [-0.4, -0.2) is 13.4 Å². The van der Waals surface area contributed by atoms with Crippen LogP contribution in [-0.2, 0) is 4.74 Å². The zero-order valence-corrected chi connectivity index (χ0v) is 7.99. The van der Waals surface area contributed by atoms with E-state index in [-0.39, 0.29) is 6.10 Å². The van der Waals surface area contributed by atoms with E-state index in [1.165, 1.54) is 0 Å². The lowest BCUT2D eigenvalue weighted by Gasteiger charge is -2.12. The van der Waals surface area contributed by atoms with Crippen molar-refractivity contribution in [3.05, 3.63) is 35.4 Å². The fourth-order valence-electron chi connectivity index (χ4n) is 1.33. The first-order valence-corrected chi connectivity index (χ1v) is 4.39. The van der Waals surface area contributed by atoms with Crippen LogP contribution >= 0.6 is 0 Å². The molecule has 0 radical (unpaired) electrons. The van der Waals surface area contributed by atoms with Crippen molar-refractivity contribution in [2.45, 2.75) is 19.4 Å². The fourth-order valence-corrected chi connectivity index (χ4v) is 1.33. The minimum absolute atomic E-state index is 0.140. The summed E-state index contributed by atoms with van der Waals surface area (Å²) in [7, 11) is 1.70. The predicted octanol–water partition coefficient (Wildman–Crippen LogP) is 2.60. The summed E-state index contributed by atoms with van der Waals surface area (Å²) in [5, 5.41) is 0. The Labute approximate surface area is 78.5 Å². The summed E-state index contributed by atoms with van der Waals surface area (Å²) in [6, 6.07) is 7.48. The number of methoxy groups -OCH3 is 1. The lowest BCUT2D eigenvalue weighted by Crippen LogP contribution is -1.99. The molecule has 0 fully saturated rings. The van der Waals surface area contributed by atoms with Gasteiger partial charge in [0, 0.05) is 12.7 Å². The molecule has 2 heteroatoms. The zero-order valence-electron chi connectivity index (χ0n) is 7.99. The normalized spacial score (nSPS) is 12.5. The molecular weight excluding hydrogens is 164 g/mol. The van der Waals surface area contributed by atoms with Gasteiger partial charge < -0.3 is 4.74 Å². The predicted molar refractivity (Wildman–Crippen MR) is 51.9 cm³/mol. The molecule has 0 unspecified atom stereocenters. The molecule has 1 rings (SSSR count). The van der Waals surface area contributed by atoms with E-state index >= 15 is 0 Å². The molecule has 0 aliphatic carbocycles. The molecule has 0 N–H and O–H groups in total. The zero-order chi connectivity index (χ0) is 9.68. The van der Waals surface area contributed by atoms with Gasteiger partial charge in [0.1, 0.15) is 6.29 Å². The Morgan fingerprint density at radius 2 is 2.00 bits per heavy atom. The summed E-state index contributed by atoms with van der Waals surface area (Å²) in [5.41, 5.74) is 1.82. The Bertz CT molecular complexity index is 260. The van der Waals surface area contributed by atoms with Gasteiger partial charge in [-0.1, -0.05) is 31.2 Å². The van der Waals surface area contributed by atoms with Crippen molar-refractivity contribution in [3.8, 4) is 0 Å². The second-order valence-corrected chi connectivity index (χ2v) is 2.92. The van der Waals surface area contributed by atoms with E-state index in [1.807, 2.05) is 24.3 Å². The lowest BCUT2D eigenvalue weighted by molar-refractivity contribution is 0.0999. The molecule has 70 valence electrons. The van der Waals surface area contributed by atoms with Crippen LogP contribution < -0.4 is 0 Å². The van der Waals surface area contributed by atoms with E-state index in [2.05, 4.69) is 6.92 Å². The van der Waals surface area contributed by atoms with Crippen molar-refractivity contribution < 1.29 is 9.53 Å². The molecular formula is C11H14O2. The Morgan fingerprint density at radius 3 is 2.38 bits per heavy atom. The summed E-state index contributed by atoms with van der Waals surface area (Å²) in [5.74, 6) is 0. The average Bonchev–Trinajstić information content (AvgIpc) is 2.21. The number of rotatable bonds is 4. The van der Waals surface area contributed by atoms with Crippen LogP contribution in [0.2, 0.25) is 0 Å². The Kier molecular flexibility index (Phi) is 3.65. The minimum Gasteiger partial charge on any atom is -0.377 e. The fraction of sp³-hybridized carbons (Fsp3) is 0.364. The summed E-state index contributed by atoms with van der Waals surface area (Å²) in [6.45, 7) is 2.07. The average molecular weight is 178 g/mol. The molecule has 0 bridgehead atoms. The highest BCUT2D eigenvalue weighted by Gasteiger charge is 2.06. The quantitative estimate of drug-likeness (QED) is 0.662. The molecule has 0 saturated carbocycles. The minimum atomic E-state index is 0.140. The molecule has 0 aromatic heterocycles. The Hall–Kier alpha value is -1.15. The van der Waals surface area contributed by atoms with Gasteiger partial charge in [-0.15, -0.1) is 0 Å². The lowest BCUT2D eigenvalue weighted by atomic mass is 10.1. The number of carbonyl (C=O) groups is 1. The molecule has 0 heterocycles. The van der Waals surface area contributed by atoms with Gasteiger partial charge in [-0.05, 0) is 12.0 Å². The van der Waals surface area contributed by atoms with Gasteiger partial charge in [-0.3, -0.25) is 4.79 Å². The molecule has 1 aromatic carbocycles. The molecule has 0 aliphatic heterocycles. The highest BCUT2D eigenvalue weighted by Crippen LogP contribution is 2.19. The van der Waals surface area contributed by atoms with Crippen LogP contribution in [0.5, 0.6) is 0 Å². The highest BCUT2D eigenvalue weighted by molar-refractivity contribution is 5.74. The summed E-state index contributed by atoms with van der Waals surface area (Å²) in [6.07, 6.45) is 1.93. The summed E-state index contributed by atoms with van der Waals surface area (Å²) >= 11 is 0. The molecule has 1 atom stereocenters. The molecule has 0 spiro atoms.